The molecule has 0 heterocycles. The van der Waals surface area contributed by atoms with Gasteiger partial charge in [-0.05, 0) is 54.2 Å². The van der Waals surface area contributed by atoms with Gasteiger partial charge in [-0.15, -0.1) is 0 Å². The van der Waals surface area contributed by atoms with E-state index >= 15 is 0 Å². The maximum Gasteiger partial charge on any atom is 0.315 e. The van der Waals surface area contributed by atoms with Gasteiger partial charge in [0, 0.05) is 10.0 Å². The normalized spacial score (nSPS) is 14.5. The van der Waals surface area contributed by atoms with Crippen LogP contribution < -0.4 is 0 Å². The zero-order valence-corrected chi connectivity index (χ0v) is 21.4. The molecule has 2 aromatic carbocycles. The second-order valence-electron chi connectivity index (χ2n) is 9.41. The van der Waals surface area contributed by atoms with Crippen LogP contribution >= 0.6 is 23.2 Å². The third kappa shape index (κ3) is 8.21. The summed E-state index contributed by atoms with van der Waals surface area (Å²) >= 11 is 11.8. The number of carbonyl (C=O) groups is 2. The molecule has 6 heteroatoms. The molecule has 0 aliphatic rings. The molecule has 0 amide bonds. The van der Waals surface area contributed by atoms with Crippen LogP contribution in [0.15, 0.2) is 60.7 Å². The Morgan fingerprint density at radius 1 is 0.848 bits per heavy atom. The van der Waals surface area contributed by atoms with E-state index in [1.54, 1.807) is 36.4 Å². The molecule has 0 aliphatic carbocycles. The number of halogens is 2. The van der Waals surface area contributed by atoms with Gasteiger partial charge in [0.1, 0.15) is 13.2 Å². The largest absolute Gasteiger partial charge is 0.460 e. The molecule has 1 unspecified atom stereocenters. The summed E-state index contributed by atoms with van der Waals surface area (Å²) in [6.07, 6.45) is 4.08. The molecule has 2 atom stereocenters. The van der Waals surface area contributed by atoms with Crippen molar-refractivity contribution in [1.82, 2.24) is 0 Å². The summed E-state index contributed by atoms with van der Waals surface area (Å²) in [5.41, 5.74) is 0.448. The average molecular weight is 491 g/mol. The zero-order chi connectivity index (χ0) is 24.6. The van der Waals surface area contributed by atoms with Crippen molar-refractivity contribution in [3.63, 3.8) is 0 Å². The second kappa shape index (κ2) is 11.7. The Morgan fingerprint density at radius 3 is 1.73 bits per heavy atom. The SMILES string of the molecule is CCC(C)(/C=C/[C@H](C(=O)OCc1ccc(Cl)cc1)C(C)(C)C)C(=O)OCc1ccc(Cl)cc1. The summed E-state index contributed by atoms with van der Waals surface area (Å²) in [6.45, 7) is 9.94. The monoisotopic (exact) mass is 490 g/mol. The second-order valence-corrected chi connectivity index (χ2v) is 10.3. The quantitative estimate of drug-likeness (QED) is 0.271. The summed E-state index contributed by atoms with van der Waals surface area (Å²) in [5, 5.41) is 1.25. The van der Waals surface area contributed by atoms with E-state index < -0.39 is 16.7 Å². The fourth-order valence-corrected chi connectivity index (χ4v) is 3.33. The molecule has 0 saturated carbocycles. The molecule has 4 nitrogen and oxygen atoms in total. The molecule has 33 heavy (non-hydrogen) atoms. The van der Waals surface area contributed by atoms with Crippen LogP contribution in [0, 0.1) is 16.7 Å². The van der Waals surface area contributed by atoms with Crippen molar-refractivity contribution in [3.8, 4) is 0 Å². The van der Waals surface area contributed by atoms with Gasteiger partial charge in [-0.2, -0.15) is 0 Å². The molecule has 0 N–H and O–H groups in total. The number of rotatable bonds is 9. The lowest BCUT2D eigenvalue weighted by Gasteiger charge is -2.28. The van der Waals surface area contributed by atoms with Gasteiger partial charge in [0.25, 0.3) is 0 Å². The van der Waals surface area contributed by atoms with Crippen LogP contribution in [0.4, 0.5) is 0 Å². The molecular formula is C27H32Cl2O4. The Kier molecular flexibility index (Phi) is 9.57. The highest BCUT2D eigenvalue weighted by molar-refractivity contribution is 6.30. The number of esters is 2. The Morgan fingerprint density at radius 2 is 1.30 bits per heavy atom. The number of hydrogen-bond acceptors (Lipinski definition) is 4. The molecule has 178 valence electrons. The molecule has 0 bridgehead atoms. The first-order chi connectivity index (χ1) is 15.4. The van der Waals surface area contributed by atoms with Crippen molar-refractivity contribution in [2.24, 2.45) is 16.7 Å². The molecule has 2 aromatic rings. The van der Waals surface area contributed by atoms with E-state index in [-0.39, 0.29) is 25.2 Å². The third-order valence-corrected chi connectivity index (χ3v) is 6.13. The van der Waals surface area contributed by atoms with Crippen LogP contribution in [-0.4, -0.2) is 11.9 Å². The van der Waals surface area contributed by atoms with Crippen molar-refractivity contribution in [2.75, 3.05) is 0 Å². The van der Waals surface area contributed by atoms with Crippen LogP contribution in [0.25, 0.3) is 0 Å². The number of hydrogen-bond donors (Lipinski definition) is 0. The Hall–Kier alpha value is -2.30. The molecule has 0 aliphatic heterocycles. The van der Waals surface area contributed by atoms with Gasteiger partial charge in [-0.25, -0.2) is 0 Å². The first kappa shape index (κ1) is 26.9. The standard InChI is InChI=1S/C27H32Cl2O4/c1-6-27(5,25(31)33-18-20-9-13-22(29)14-10-20)16-15-23(26(2,3)4)24(30)32-17-19-7-11-21(28)12-8-19/h7-16,23H,6,17-18H2,1-5H3/b16-15+/t23-,27?/m1/s1. The minimum absolute atomic E-state index is 0.157. The van der Waals surface area contributed by atoms with Gasteiger partial charge in [-0.3, -0.25) is 9.59 Å². The Labute approximate surface area is 206 Å². The van der Waals surface area contributed by atoms with Crippen LogP contribution in [0.1, 0.15) is 52.2 Å². The van der Waals surface area contributed by atoms with Crippen molar-refractivity contribution in [3.05, 3.63) is 81.9 Å². The van der Waals surface area contributed by atoms with E-state index in [2.05, 4.69) is 0 Å². The van der Waals surface area contributed by atoms with Crippen LogP contribution in [0.5, 0.6) is 0 Å². The lowest BCUT2D eigenvalue weighted by molar-refractivity contribution is -0.154. The summed E-state index contributed by atoms with van der Waals surface area (Å²) in [4.78, 5) is 25.8. The van der Waals surface area contributed by atoms with Crippen LogP contribution in [-0.2, 0) is 32.3 Å². The number of carbonyl (C=O) groups excluding carboxylic acids is 2. The minimum atomic E-state index is -0.869. The van der Waals surface area contributed by atoms with Gasteiger partial charge in [0.15, 0.2) is 0 Å². The molecule has 0 fully saturated rings. The summed E-state index contributed by atoms with van der Waals surface area (Å²) in [6, 6.07) is 14.3. The molecule has 0 aromatic heterocycles. The third-order valence-electron chi connectivity index (χ3n) is 5.62. The number of ether oxygens (including phenoxy) is 2. The summed E-state index contributed by atoms with van der Waals surface area (Å²) < 4.78 is 11.1. The van der Waals surface area contributed by atoms with Crippen molar-refractivity contribution >= 4 is 35.1 Å². The Balaban J connectivity index is 2.08. The van der Waals surface area contributed by atoms with Gasteiger partial charge < -0.3 is 9.47 Å². The van der Waals surface area contributed by atoms with Crippen molar-refractivity contribution in [1.29, 1.82) is 0 Å². The fraction of sp³-hybridized carbons (Fsp3) is 0.407. The molecular weight excluding hydrogens is 459 g/mol. The molecule has 0 saturated heterocycles. The van der Waals surface area contributed by atoms with Gasteiger partial charge in [0.2, 0.25) is 0 Å². The van der Waals surface area contributed by atoms with E-state index in [1.165, 1.54) is 0 Å². The van der Waals surface area contributed by atoms with E-state index in [0.717, 1.165) is 11.1 Å². The predicted octanol–water partition coefficient (Wildman–Crippen LogP) is 7.41. The van der Waals surface area contributed by atoms with Crippen LogP contribution in [0.2, 0.25) is 10.0 Å². The lowest BCUT2D eigenvalue weighted by atomic mass is 9.78. The summed E-state index contributed by atoms with van der Waals surface area (Å²) in [7, 11) is 0. The molecule has 2 rings (SSSR count). The van der Waals surface area contributed by atoms with Gasteiger partial charge >= 0.3 is 11.9 Å². The van der Waals surface area contributed by atoms with Crippen LogP contribution in [0.3, 0.4) is 0 Å². The van der Waals surface area contributed by atoms with Gasteiger partial charge in [-0.1, -0.05) is 87.3 Å². The van der Waals surface area contributed by atoms with E-state index in [4.69, 9.17) is 32.7 Å². The first-order valence-electron chi connectivity index (χ1n) is 11.0. The topological polar surface area (TPSA) is 52.6 Å². The predicted molar refractivity (Wildman–Crippen MR) is 133 cm³/mol. The zero-order valence-electron chi connectivity index (χ0n) is 19.9. The Bertz CT molecular complexity index is 959. The molecule has 0 spiro atoms. The minimum Gasteiger partial charge on any atom is -0.460 e. The smallest absolute Gasteiger partial charge is 0.315 e. The fourth-order valence-electron chi connectivity index (χ4n) is 3.08. The highest BCUT2D eigenvalue weighted by atomic mass is 35.5. The molecule has 0 radical (unpaired) electrons. The number of benzene rings is 2. The maximum atomic E-state index is 12.9. The van der Waals surface area contributed by atoms with E-state index in [0.29, 0.717) is 16.5 Å². The maximum absolute atomic E-state index is 12.9. The lowest BCUT2D eigenvalue weighted by Crippen LogP contribution is -2.31. The average Bonchev–Trinajstić information content (AvgIpc) is 2.77. The highest BCUT2D eigenvalue weighted by Gasteiger charge is 2.34. The van der Waals surface area contributed by atoms with E-state index in [1.807, 2.05) is 58.9 Å². The summed E-state index contributed by atoms with van der Waals surface area (Å²) in [5.74, 6) is -1.22. The first-order valence-corrected chi connectivity index (χ1v) is 11.7. The van der Waals surface area contributed by atoms with Gasteiger partial charge in [0.05, 0.1) is 11.3 Å². The van der Waals surface area contributed by atoms with Crippen molar-refractivity contribution in [2.45, 2.75) is 54.3 Å². The van der Waals surface area contributed by atoms with E-state index in [9.17, 15) is 9.59 Å². The van der Waals surface area contributed by atoms with Crippen molar-refractivity contribution < 1.29 is 19.1 Å². The highest BCUT2D eigenvalue weighted by Crippen LogP contribution is 2.32.